The van der Waals surface area contributed by atoms with Gasteiger partial charge in [0.25, 0.3) is 0 Å². The van der Waals surface area contributed by atoms with Crippen LogP contribution >= 0.6 is 11.3 Å². The second-order valence-electron chi connectivity index (χ2n) is 7.78. The predicted molar refractivity (Wildman–Crippen MR) is 117 cm³/mol. The number of nitrogens with one attached hydrogen (secondary N) is 1. The summed E-state index contributed by atoms with van der Waals surface area (Å²) in [5.41, 5.74) is 2.08. The lowest BCUT2D eigenvalue weighted by molar-refractivity contribution is 0.472. The highest BCUT2D eigenvalue weighted by molar-refractivity contribution is 7.91. The zero-order valence-electron chi connectivity index (χ0n) is 17.5. The first kappa shape index (κ1) is 22.4. The highest BCUT2D eigenvalue weighted by Gasteiger charge is 2.18. The Morgan fingerprint density at radius 3 is 2.39 bits per heavy atom. The maximum atomic E-state index is 12.6. The fourth-order valence-corrected chi connectivity index (χ4v) is 4.52. The first-order chi connectivity index (χ1) is 13.0. The number of thiazole rings is 1. The zero-order valence-corrected chi connectivity index (χ0v) is 19.1. The summed E-state index contributed by atoms with van der Waals surface area (Å²) < 4.78 is 25.2. The molecule has 2 rings (SSSR count). The van der Waals surface area contributed by atoms with Crippen LogP contribution in [0.5, 0.6) is 0 Å². The quantitative estimate of drug-likeness (QED) is 0.571. The molecule has 1 aromatic heterocycles. The summed E-state index contributed by atoms with van der Waals surface area (Å²) in [5, 5.41) is 6.17. The van der Waals surface area contributed by atoms with Crippen LogP contribution in [0.15, 0.2) is 39.5 Å². The molecular weight excluding hydrogens is 392 g/mol. The van der Waals surface area contributed by atoms with E-state index in [0.29, 0.717) is 17.4 Å². The van der Waals surface area contributed by atoms with Crippen LogP contribution in [0.3, 0.4) is 0 Å². The Balaban J connectivity index is 1.94. The van der Waals surface area contributed by atoms with Gasteiger partial charge in [-0.1, -0.05) is 32.9 Å². The van der Waals surface area contributed by atoms with Crippen LogP contribution < -0.4 is 5.32 Å². The van der Waals surface area contributed by atoms with Crippen LogP contribution in [0.25, 0.3) is 0 Å². The first-order valence-electron chi connectivity index (χ1n) is 9.19. The van der Waals surface area contributed by atoms with Gasteiger partial charge in [-0.25, -0.2) is 13.4 Å². The van der Waals surface area contributed by atoms with E-state index in [1.54, 1.807) is 30.5 Å². The van der Waals surface area contributed by atoms with Gasteiger partial charge in [-0.2, -0.15) is 0 Å². The molecule has 0 radical (unpaired) electrons. The van der Waals surface area contributed by atoms with E-state index < -0.39 is 9.84 Å². The number of aromatic nitrogens is 1. The molecule has 0 unspecified atom stereocenters. The lowest BCUT2D eigenvalue weighted by Crippen LogP contribution is -2.40. The molecule has 1 aromatic carbocycles. The Morgan fingerprint density at radius 1 is 1.25 bits per heavy atom. The average Bonchev–Trinajstić information content (AvgIpc) is 3.02. The maximum absolute atomic E-state index is 12.6. The Labute approximate surface area is 172 Å². The number of aryl methyl sites for hydroxylation is 1. The fraction of sp³-hybridized carbons (Fsp3) is 0.500. The molecule has 1 heterocycles. The van der Waals surface area contributed by atoms with Crippen LogP contribution in [0.4, 0.5) is 0 Å². The smallest absolute Gasteiger partial charge is 0.193 e. The van der Waals surface area contributed by atoms with E-state index in [4.69, 9.17) is 0 Å². The van der Waals surface area contributed by atoms with E-state index in [1.807, 2.05) is 36.4 Å². The van der Waals surface area contributed by atoms with Crippen LogP contribution in [-0.2, 0) is 21.8 Å². The molecule has 0 saturated carbocycles. The summed E-state index contributed by atoms with van der Waals surface area (Å²) >= 11 is 1.61. The Hall–Kier alpha value is -1.93. The standard InChI is InChI=1S/C20H30N4O2S2/c1-15-23-17(14-27-15)13-24(6)19(21-5)22-11-12-28(25,26)18-9-7-16(8-10-18)20(2,3)4/h7-10,14H,11-13H2,1-6H3,(H,21,22). The molecule has 0 fully saturated rings. The van der Waals surface area contributed by atoms with Gasteiger partial charge in [0.15, 0.2) is 15.8 Å². The van der Waals surface area contributed by atoms with Crippen molar-refractivity contribution in [3.8, 4) is 0 Å². The maximum Gasteiger partial charge on any atom is 0.193 e. The number of hydrogen-bond donors (Lipinski definition) is 1. The molecule has 1 N–H and O–H groups in total. The number of hydrogen-bond acceptors (Lipinski definition) is 5. The van der Waals surface area contributed by atoms with Gasteiger partial charge in [-0.3, -0.25) is 4.99 Å². The van der Waals surface area contributed by atoms with Gasteiger partial charge >= 0.3 is 0 Å². The molecule has 28 heavy (non-hydrogen) atoms. The molecule has 0 aliphatic carbocycles. The van der Waals surface area contributed by atoms with Crippen molar-refractivity contribution in [3.05, 3.63) is 45.9 Å². The third-order valence-corrected chi connectivity index (χ3v) is 6.93. The number of benzene rings is 1. The second kappa shape index (κ2) is 9.05. The van der Waals surface area contributed by atoms with Crippen LogP contribution in [0, 0.1) is 6.92 Å². The van der Waals surface area contributed by atoms with E-state index in [9.17, 15) is 8.42 Å². The van der Waals surface area contributed by atoms with Crippen molar-refractivity contribution in [2.45, 2.75) is 44.6 Å². The topological polar surface area (TPSA) is 74.7 Å². The SMILES string of the molecule is CN=C(NCCS(=O)(=O)c1ccc(C(C)(C)C)cc1)N(C)Cc1csc(C)n1. The number of nitrogens with zero attached hydrogens (tertiary/aromatic N) is 3. The average molecular weight is 423 g/mol. The molecule has 0 aliphatic heterocycles. The first-order valence-corrected chi connectivity index (χ1v) is 11.7. The molecule has 0 bridgehead atoms. The fourth-order valence-electron chi connectivity index (χ4n) is 2.76. The molecule has 0 atom stereocenters. The number of rotatable bonds is 6. The zero-order chi connectivity index (χ0) is 20.9. The van der Waals surface area contributed by atoms with Crippen molar-refractivity contribution >= 4 is 27.1 Å². The molecule has 0 aliphatic rings. The van der Waals surface area contributed by atoms with Crippen LogP contribution in [-0.4, -0.2) is 50.7 Å². The summed E-state index contributed by atoms with van der Waals surface area (Å²) in [4.78, 5) is 11.0. The van der Waals surface area contributed by atoms with Crippen molar-refractivity contribution < 1.29 is 8.42 Å². The van der Waals surface area contributed by atoms with Gasteiger partial charge in [-0.15, -0.1) is 11.3 Å². The molecule has 8 heteroatoms. The largest absolute Gasteiger partial charge is 0.355 e. The van der Waals surface area contributed by atoms with E-state index in [-0.39, 0.29) is 17.7 Å². The van der Waals surface area contributed by atoms with Crippen molar-refractivity contribution in [1.29, 1.82) is 0 Å². The molecule has 0 amide bonds. The summed E-state index contributed by atoms with van der Waals surface area (Å²) in [6.07, 6.45) is 0. The molecule has 6 nitrogen and oxygen atoms in total. The van der Waals surface area contributed by atoms with E-state index in [1.165, 1.54) is 0 Å². The van der Waals surface area contributed by atoms with Gasteiger partial charge in [0.1, 0.15) is 0 Å². The Morgan fingerprint density at radius 2 is 1.89 bits per heavy atom. The molecule has 2 aromatic rings. The molecular formula is C20H30N4O2S2. The number of sulfone groups is 1. The molecule has 154 valence electrons. The van der Waals surface area contributed by atoms with Crippen LogP contribution in [0.1, 0.15) is 37.0 Å². The van der Waals surface area contributed by atoms with Gasteiger partial charge < -0.3 is 10.2 Å². The lowest BCUT2D eigenvalue weighted by Gasteiger charge is -2.21. The van der Waals surface area contributed by atoms with Gasteiger partial charge in [-0.05, 0) is 30.0 Å². The highest BCUT2D eigenvalue weighted by Crippen LogP contribution is 2.23. The highest BCUT2D eigenvalue weighted by atomic mass is 32.2. The summed E-state index contributed by atoms with van der Waals surface area (Å²) in [6.45, 7) is 9.20. The van der Waals surface area contributed by atoms with Gasteiger partial charge in [0.2, 0.25) is 0 Å². The van der Waals surface area contributed by atoms with E-state index in [0.717, 1.165) is 16.3 Å². The summed E-state index contributed by atoms with van der Waals surface area (Å²) in [6, 6.07) is 7.18. The third-order valence-electron chi connectivity index (χ3n) is 4.37. The lowest BCUT2D eigenvalue weighted by atomic mass is 9.87. The molecule has 0 saturated heterocycles. The van der Waals surface area contributed by atoms with E-state index >= 15 is 0 Å². The predicted octanol–water partition coefficient (Wildman–Crippen LogP) is 3.23. The van der Waals surface area contributed by atoms with Crippen molar-refractivity contribution in [2.24, 2.45) is 4.99 Å². The Kier molecular flexibility index (Phi) is 7.22. The van der Waals surface area contributed by atoms with Crippen LogP contribution in [0.2, 0.25) is 0 Å². The molecule has 0 spiro atoms. The van der Waals surface area contributed by atoms with Gasteiger partial charge in [0.05, 0.1) is 27.9 Å². The summed E-state index contributed by atoms with van der Waals surface area (Å²) in [7, 11) is 0.237. The van der Waals surface area contributed by atoms with Crippen molar-refractivity contribution in [1.82, 2.24) is 15.2 Å². The van der Waals surface area contributed by atoms with E-state index in [2.05, 4.69) is 36.1 Å². The van der Waals surface area contributed by atoms with Crippen molar-refractivity contribution in [2.75, 3.05) is 26.4 Å². The third kappa shape index (κ3) is 6.04. The van der Waals surface area contributed by atoms with Crippen molar-refractivity contribution in [3.63, 3.8) is 0 Å². The second-order valence-corrected chi connectivity index (χ2v) is 11.0. The number of aliphatic imine (C=N–C) groups is 1. The summed E-state index contributed by atoms with van der Waals surface area (Å²) in [5.74, 6) is 0.647. The normalized spacial score (nSPS) is 12.9. The number of guanidine groups is 1. The Bertz CT molecular complexity index is 910. The van der Waals surface area contributed by atoms with Gasteiger partial charge in [0, 0.05) is 26.0 Å². The monoisotopic (exact) mass is 422 g/mol. The minimum absolute atomic E-state index is 0.00320. The minimum Gasteiger partial charge on any atom is -0.355 e. The minimum atomic E-state index is -3.35.